The molecule has 0 saturated heterocycles. The van der Waals surface area contributed by atoms with Crippen molar-refractivity contribution in [1.29, 1.82) is 0 Å². The van der Waals surface area contributed by atoms with Crippen molar-refractivity contribution >= 4 is 22.7 Å². The second kappa shape index (κ2) is 8.36. The van der Waals surface area contributed by atoms with Gasteiger partial charge in [0.05, 0.1) is 5.52 Å². The Bertz CT molecular complexity index is 1280. The third-order valence-electron chi connectivity index (χ3n) is 4.98. The van der Waals surface area contributed by atoms with Gasteiger partial charge in [0.2, 0.25) is 0 Å². The Morgan fingerprint density at radius 1 is 1.07 bits per heavy atom. The van der Waals surface area contributed by atoms with Gasteiger partial charge in [-0.1, -0.05) is 30.0 Å². The van der Waals surface area contributed by atoms with E-state index in [1.54, 1.807) is 6.07 Å². The van der Waals surface area contributed by atoms with Crippen LogP contribution in [0.1, 0.15) is 28.2 Å². The van der Waals surface area contributed by atoms with E-state index >= 15 is 0 Å². The van der Waals surface area contributed by atoms with Crippen LogP contribution in [0.3, 0.4) is 0 Å². The predicted molar refractivity (Wildman–Crippen MR) is 120 cm³/mol. The highest BCUT2D eigenvalue weighted by atomic mass is 32.2. The molecule has 4 rings (SSSR count). The maximum atomic E-state index is 12.6. The SMILES string of the molecule is Cc1cccc(OCc2nnc(SCc3cc(=O)c4cc(C)cc(C)c4[nH]3)n2C)c1. The zero-order chi connectivity index (χ0) is 21.3. The lowest BCUT2D eigenvalue weighted by Gasteiger charge is -2.08. The number of H-pyrrole nitrogens is 1. The summed E-state index contributed by atoms with van der Waals surface area (Å²) in [4.78, 5) is 16.0. The summed E-state index contributed by atoms with van der Waals surface area (Å²) in [5, 5.41) is 10.0. The molecule has 2 aromatic carbocycles. The van der Waals surface area contributed by atoms with Crippen LogP contribution in [0.4, 0.5) is 0 Å². The number of aromatic amines is 1. The monoisotopic (exact) mass is 420 g/mol. The van der Waals surface area contributed by atoms with Gasteiger partial charge in [-0.25, -0.2) is 0 Å². The van der Waals surface area contributed by atoms with E-state index in [9.17, 15) is 4.79 Å². The molecule has 0 saturated carbocycles. The minimum absolute atomic E-state index is 0.0383. The van der Waals surface area contributed by atoms with Crippen LogP contribution in [0.25, 0.3) is 10.9 Å². The van der Waals surface area contributed by atoms with Crippen LogP contribution in [0, 0.1) is 20.8 Å². The maximum absolute atomic E-state index is 12.6. The van der Waals surface area contributed by atoms with Crippen molar-refractivity contribution < 1.29 is 4.74 Å². The number of fused-ring (bicyclic) bond motifs is 1. The summed E-state index contributed by atoms with van der Waals surface area (Å²) >= 11 is 1.54. The van der Waals surface area contributed by atoms with Crippen LogP contribution in [0.5, 0.6) is 5.75 Å². The Morgan fingerprint density at radius 3 is 2.70 bits per heavy atom. The van der Waals surface area contributed by atoms with Gasteiger partial charge in [0.15, 0.2) is 16.4 Å². The van der Waals surface area contributed by atoms with Crippen LogP contribution in [-0.2, 0) is 19.4 Å². The van der Waals surface area contributed by atoms with Crippen molar-refractivity contribution in [2.45, 2.75) is 38.3 Å². The fraction of sp³-hybridized carbons (Fsp3) is 0.261. The summed E-state index contributed by atoms with van der Waals surface area (Å²) in [6.45, 7) is 6.40. The quantitative estimate of drug-likeness (QED) is 0.467. The number of pyridine rings is 1. The summed E-state index contributed by atoms with van der Waals surface area (Å²) in [6, 6.07) is 13.6. The van der Waals surface area contributed by atoms with Crippen molar-refractivity contribution in [3.8, 4) is 5.75 Å². The van der Waals surface area contributed by atoms with Crippen LogP contribution in [0.15, 0.2) is 52.4 Å². The van der Waals surface area contributed by atoms with Crippen molar-refractivity contribution in [3.05, 3.63) is 80.9 Å². The first-order chi connectivity index (χ1) is 14.4. The van der Waals surface area contributed by atoms with E-state index in [2.05, 4.69) is 21.2 Å². The number of nitrogens with zero attached hydrogens (tertiary/aromatic N) is 3. The second-order valence-electron chi connectivity index (χ2n) is 7.51. The third-order valence-corrected chi connectivity index (χ3v) is 6.04. The van der Waals surface area contributed by atoms with E-state index in [0.717, 1.165) is 50.0 Å². The van der Waals surface area contributed by atoms with E-state index in [-0.39, 0.29) is 5.43 Å². The Labute approximate surface area is 179 Å². The van der Waals surface area contributed by atoms with E-state index in [1.165, 1.54) is 11.8 Å². The molecule has 4 aromatic rings. The molecule has 154 valence electrons. The van der Waals surface area contributed by atoms with Gasteiger partial charge >= 0.3 is 0 Å². The van der Waals surface area contributed by atoms with Crippen molar-refractivity contribution in [3.63, 3.8) is 0 Å². The summed E-state index contributed by atoms with van der Waals surface area (Å²) in [5.74, 6) is 2.16. The zero-order valence-corrected chi connectivity index (χ0v) is 18.3. The molecule has 0 bridgehead atoms. The number of aromatic nitrogens is 4. The highest BCUT2D eigenvalue weighted by Crippen LogP contribution is 2.23. The van der Waals surface area contributed by atoms with Gasteiger partial charge in [-0.15, -0.1) is 10.2 Å². The molecule has 6 nitrogen and oxygen atoms in total. The Morgan fingerprint density at radius 2 is 1.90 bits per heavy atom. The Hall–Kier alpha value is -3.06. The van der Waals surface area contributed by atoms with Crippen LogP contribution in [0.2, 0.25) is 0 Å². The standard InChI is InChI=1S/C23H24N4O2S/c1-14-6-5-7-18(9-14)29-12-21-25-26-23(27(21)4)30-13-17-11-20(28)19-10-15(2)8-16(3)22(19)24-17/h5-11H,12-13H2,1-4H3,(H,24,28). The van der Waals surface area contributed by atoms with Crippen molar-refractivity contribution in [2.75, 3.05) is 0 Å². The van der Waals surface area contributed by atoms with Crippen LogP contribution < -0.4 is 10.2 Å². The number of hydrogen-bond acceptors (Lipinski definition) is 5. The fourth-order valence-corrected chi connectivity index (χ4v) is 4.27. The van der Waals surface area contributed by atoms with Crippen molar-refractivity contribution in [1.82, 2.24) is 19.7 Å². The number of hydrogen-bond donors (Lipinski definition) is 1. The zero-order valence-electron chi connectivity index (χ0n) is 17.5. The molecule has 7 heteroatoms. The molecule has 0 atom stereocenters. The number of thioether (sulfide) groups is 1. The molecule has 0 aliphatic rings. The molecule has 0 fully saturated rings. The first kappa shape index (κ1) is 20.2. The van der Waals surface area contributed by atoms with Gasteiger partial charge < -0.3 is 14.3 Å². The van der Waals surface area contributed by atoms with Crippen molar-refractivity contribution in [2.24, 2.45) is 7.05 Å². The average molecular weight is 421 g/mol. The van der Waals surface area contributed by atoms with Gasteiger partial charge in [0, 0.05) is 29.9 Å². The molecule has 0 unspecified atom stereocenters. The molecule has 0 aliphatic heterocycles. The number of aryl methyl sites for hydroxylation is 3. The lowest BCUT2D eigenvalue weighted by Crippen LogP contribution is -2.06. The molecule has 0 spiro atoms. The lowest BCUT2D eigenvalue weighted by atomic mass is 10.1. The first-order valence-corrected chi connectivity index (χ1v) is 10.7. The number of nitrogens with one attached hydrogen (secondary N) is 1. The average Bonchev–Trinajstić information content (AvgIpc) is 3.05. The largest absolute Gasteiger partial charge is 0.486 e. The van der Waals surface area contributed by atoms with Crippen LogP contribution >= 0.6 is 11.8 Å². The van der Waals surface area contributed by atoms with E-state index in [1.807, 2.05) is 62.7 Å². The van der Waals surface area contributed by atoms with E-state index in [0.29, 0.717) is 12.4 Å². The Kier molecular flexibility index (Phi) is 5.63. The fourth-order valence-electron chi connectivity index (χ4n) is 3.43. The van der Waals surface area contributed by atoms with Crippen LogP contribution in [-0.4, -0.2) is 19.7 Å². The smallest absolute Gasteiger partial charge is 0.191 e. The predicted octanol–water partition coefficient (Wildman–Crippen LogP) is 4.45. The van der Waals surface area contributed by atoms with Gasteiger partial charge in [0.25, 0.3) is 0 Å². The molecule has 2 heterocycles. The second-order valence-corrected chi connectivity index (χ2v) is 8.46. The summed E-state index contributed by atoms with van der Waals surface area (Å²) in [7, 11) is 1.92. The molecular weight excluding hydrogens is 396 g/mol. The normalized spacial score (nSPS) is 11.2. The third kappa shape index (κ3) is 4.26. The van der Waals surface area contributed by atoms with Gasteiger partial charge in [-0.2, -0.15) is 0 Å². The lowest BCUT2D eigenvalue weighted by molar-refractivity contribution is 0.290. The molecule has 0 aliphatic carbocycles. The Balaban J connectivity index is 1.47. The molecule has 30 heavy (non-hydrogen) atoms. The maximum Gasteiger partial charge on any atom is 0.191 e. The number of rotatable bonds is 6. The molecule has 0 amide bonds. The van der Waals surface area contributed by atoms with E-state index < -0.39 is 0 Å². The minimum Gasteiger partial charge on any atom is -0.486 e. The molecule has 2 aromatic heterocycles. The number of benzene rings is 2. The van der Waals surface area contributed by atoms with Gasteiger partial charge in [-0.05, 0) is 55.7 Å². The van der Waals surface area contributed by atoms with Gasteiger partial charge in [-0.3, -0.25) is 4.79 Å². The highest BCUT2D eigenvalue weighted by molar-refractivity contribution is 7.98. The first-order valence-electron chi connectivity index (χ1n) is 9.74. The summed E-state index contributed by atoms with van der Waals surface area (Å²) in [6.07, 6.45) is 0. The highest BCUT2D eigenvalue weighted by Gasteiger charge is 2.12. The van der Waals surface area contributed by atoms with E-state index in [4.69, 9.17) is 4.74 Å². The van der Waals surface area contributed by atoms with Gasteiger partial charge in [0.1, 0.15) is 12.4 Å². The topological polar surface area (TPSA) is 72.8 Å². The number of ether oxygens (including phenoxy) is 1. The molecule has 1 N–H and O–H groups in total. The summed E-state index contributed by atoms with van der Waals surface area (Å²) < 4.78 is 7.76. The minimum atomic E-state index is 0.0383. The molecular formula is C23H24N4O2S. The summed E-state index contributed by atoms with van der Waals surface area (Å²) in [5.41, 5.74) is 5.11. The molecule has 0 radical (unpaired) electrons.